The Morgan fingerprint density at radius 1 is 0.450 bits per heavy atom. The highest BCUT2D eigenvalue weighted by Crippen LogP contribution is 2.08. The van der Waals surface area contributed by atoms with Crippen molar-refractivity contribution in [3.05, 3.63) is 0 Å². The molecule has 0 aliphatic heterocycles. The molecule has 0 rings (SSSR count). The summed E-state index contributed by atoms with van der Waals surface area (Å²) in [4.78, 5) is 0. The molecule has 0 radical (unpaired) electrons. The van der Waals surface area contributed by atoms with Gasteiger partial charge in [0.15, 0.2) is 0 Å². The maximum Gasteiger partial charge on any atom is -0.00703 e. The van der Waals surface area contributed by atoms with Crippen LogP contribution >= 0.6 is 0 Å². The monoisotopic (exact) mass is 320 g/mol. The zero-order valence-corrected chi connectivity index (χ0v) is 16.3. The van der Waals surface area contributed by atoms with Crippen molar-refractivity contribution in [3.8, 4) is 0 Å². The lowest BCUT2D eigenvalue weighted by molar-refractivity contribution is 0.626. The molecule has 2 heteroatoms. The smallest absolute Gasteiger partial charge is 0.00703 e. The van der Waals surface area contributed by atoms with Gasteiger partial charge in [0.2, 0.25) is 0 Å². The van der Waals surface area contributed by atoms with Gasteiger partial charge in [-0.2, -0.15) is 18.9 Å². The Balaban J connectivity index is 3.52. The van der Waals surface area contributed by atoms with Gasteiger partial charge in [0.25, 0.3) is 0 Å². The number of rotatable bonds is 14. The molecule has 0 saturated carbocycles. The van der Waals surface area contributed by atoms with Crippen molar-refractivity contribution in [2.24, 2.45) is 0 Å². The van der Waals surface area contributed by atoms with E-state index in [1.165, 1.54) is 88.6 Å². The predicted octanol–water partition coefficient (Wildman–Crippen LogP) is 6.12. The van der Waals surface area contributed by atoms with Crippen molar-refractivity contribution in [1.82, 2.24) is 0 Å². The number of unbranched alkanes of at least 4 members (excludes halogenated alkanes) is 10. The first-order valence-electron chi connectivity index (χ1n) is 8.97. The fourth-order valence-electron chi connectivity index (χ4n) is 2.46. The summed E-state index contributed by atoms with van der Waals surface area (Å²) in [6.07, 6.45) is 22.4. The van der Waals surface area contributed by atoms with E-state index < -0.39 is 0 Å². The summed E-state index contributed by atoms with van der Waals surface area (Å²) in [5, 5.41) is 0. The van der Waals surface area contributed by atoms with Gasteiger partial charge < -0.3 is 0 Å². The molecule has 0 aromatic carbocycles. The van der Waals surface area contributed by atoms with Crippen molar-refractivity contribution < 1.29 is 0 Å². The molecule has 20 heavy (non-hydrogen) atoms. The van der Waals surface area contributed by atoms with Gasteiger partial charge in [-0.15, -0.1) is 0 Å². The first-order valence-corrected chi connectivity index (χ1v) is 13.1. The predicted molar refractivity (Wildman–Crippen MR) is 103 cm³/mol. The molecule has 124 valence electrons. The highest BCUT2D eigenvalue weighted by molar-refractivity contribution is 8.43. The van der Waals surface area contributed by atoms with Gasteiger partial charge >= 0.3 is 0 Å². The van der Waals surface area contributed by atoms with Crippen LogP contribution in [0.25, 0.3) is 0 Å². The first kappa shape index (κ1) is 20.7. The van der Waals surface area contributed by atoms with Crippen LogP contribution in [0, 0.1) is 0 Å². The van der Waals surface area contributed by atoms with Crippen LogP contribution in [0.3, 0.4) is 0 Å². The quantitative estimate of drug-likeness (QED) is 0.338. The minimum Gasteiger partial charge on any atom is -0.165 e. The van der Waals surface area contributed by atoms with Crippen LogP contribution in [0.4, 0.5) is 0 Å². The Morgan fingerprint density at radius 2 is 0.750 bits per heavy atom. The molecular formula is C18H40S2. The second-order valence-electron chi connectivity index (χ2n) is 6.09. The lowest BCUT2D eigenvalue weighted by atomic mass is 10.1. The van der Waals surface area contributed by atoms with E-state index in [-0.39, 0.29) is 0 Å². The van der Waals surface area contributed by atoms with Crippen LogP contribution in [0.1, 0.15) is 90.9 Å². The van der Waals surface area contributed by atoms with Crippen molar-refractivity contribution >= 4 is 18.9 Å². The van der Waals surface area contributed by atoms with Gasteiger partial charge in [-0.05, 0) is 36.9 Å². The molecule has 0 heterocycles. The second-order valence-corrected chi connectivity index (χ2v) is 12.6. The van der Waals surface area contributed by atoms with E-state index in [0.717, 1.165) is 0 Å². The summed E-state index contributed by atoms with van der Waals surface area (Å²) in [6.45, 7) is 4.60. The molecule has 0 aliphatic carbocycles. The Labute approximate surface area is 134 Å². The molecule has 0 nitrogen and oxygen atoms in total. The van der Waals surface area contributed by atoms with E-state index >= 15 is 0 Å². The summed E-state index contributed by atoms with van der Waals surface area (Å²) in [5.74, 6) is 3.00. The number of hydrogen-bond donors (Lipinski definition) is 0. The third-order valence-corrected chi connectivity index (χ3v) is 10.7. The molecule has 0 N–H and O–H groups in total. The molecule has 0 amide bonds. The van der Waals surface area contributed by atoms with Crippen LogP contribution < -0.4 is 0 Å². The summed E-state index contributed by atoms with van der Waals surface area (Å²) < 4.78 is 0. The van der Waals surface area contributed by atoms with E-state index in [9.17, 15) is 0 Å². The molecular weight excluding hydrogens is 280 g/mol. The lowest BCUT2D eigenvalue weighted by Gasteiger charge is -2.11. The van der Waals surface area contributed by atoms with E-state index in [1.807, 2.05) is 0 Å². The SMILES string of the molecule is CCCCCCCC/S(C)=S(\C)CCCCCCCC. The zero-order valence-electron chi connectivity index (χ0n) is 14.7. The molecule has 0 aromatic rings. The Kier molecular flexibility index (Phi) is 16.6. The Hall–Kier alpha value is 0.700. The molecule has 0 aromatic heterocycles. The maximum absolute atomic E-state index is 2.52. The minimum absolute atomic E-state index is 0.697. The highest BCUT2D eigenvalue weighted by Gasteiger charge is 1.97. The average molecular weight is 321 g/mol. The molecule has 0 bridgehead atoms. The normalized spacial score (nSPS) is 14.4. The number of hydrogen-bond acceptors (Lipinski definition) is 0. The minimum atomic E-state index is 0.697. The van der Waals surface area contributed by atoms with Gasteiger partial charge in [-0.1, -0.05) is 78.1 Å². The van der Waals surface area contributed by atoms with Crippen LogP contribution in [-0.2, 0) is 18.9 Å². The summed E-state index contributed by atoms with van der Waals surface area (Å²) in [6, 6.07) is 0. The Morgan fingerprint density at radius 3 is 1.10 bits per heavy atom. The first-order chi connectivity index (χ1) is 9.72. The molecule has 0 aliphatic rings. The van der Waals surface area contributed by atoms with Crippen molar-refractivity contribution in [2.75, 3.05) is 24.0 Å². The third kappa shape index (κ3) is 13.7. The summed E-state index contributed by atoms with van der Waals surface area (Å²) in [5.41, 5.74) is 0. The van der Waals surface area contributed by atoms with Crippen LogP contribution in [0.15, 0.2) is 0 Å². The fraction of sp³-hybridized carbons (Fsp3) is 1.00. The molecule has 0 spiro atoms. The molecule has 0 fully saturated rings. The Bertz CT molecular complexity index is 210. The van der Waals surface area contributed by atoms with Crippen molar-refractivity contribution in [3.63, 3.8) is 0 Å². The van der Waals surface area contributed by atoms with E-state index in [0.29, 0.717) is 18.9 Å². The lowest BCUT2D eigenvalue weighted by Crippen LogP contribution is -2.06. The van der Waals surface area contributed by atoms with Crippen molar-refractivity contribution in [2.45, 2.75) is 90.9 Å². The third-order valence-electron chi connectivity index (χ3n) is 4.06. The van der Waals surface area contributed by atoms with Gasteiger partial charge in [0.1, 0.15) is 0 Å². The summed E-state index contributed by atoms with van der Waals surface area (Å²) >= 11 is 0. The molecule has 2 unspecified atom stereocenters. The molecule has 0 saturated heterocycles. The van der Waals surface area contributed by atoms with Gasteiger partial charge in [-0.3, -0.25) is 0 Å². The van der Waals surface area contributed by atoms with E-state index in [2.05, 4.69) is 26.4 Å². The van der Waals surface area contributed by atoms with Gasteiger partial charge in [0.05, 0.1) is 0 Å². The van der Waals surface area contributed by atoms with E-state index in [4.69, 9.17) is 0 Å². The topological polar surface area (TPSA) is 0 Å². The van der Waals surface area contributed by atoms with Gasteiger partial charge in [-0.25, -0.2) is 0 Å². The van der Waals surface area contributed by atoms with Gasteiger partial charge in [0, 0.05) is 0 Å². The standard InChI is InChI=1S/C18H40S2/c1-5-7-9-11-13-15-17-19(3)20(4)18-16-14-12-10-8-6-2/h5-18H2,1-4H3. The average Bonchev–Trinajstić information content (AvgIpc) is 2.45. The molecule has 2 atom stereocenters. The van der Waals surface area contributed by atoms with Crippen LogP contribution in [-0.4, -0.2) is 24.0 Å². The van der Waals surface area contributed by atoms with E-state index in [1.54, 1.807) is 0 Å². The second kappa shape index (κ2) is 16.1. The van der Waals surface area contributed by atoms with Crippen LogP contribution in [0.2, 0.25) is 0 Å². The maximum atomic E-state index is 2.52. The van der Waals surface area contributed by atoms with Crippen molar-refractivity contribution in [1.29, 1.82) is 0 Å². The van der Waals surface area contributed by atoms with Crippen LogP contribution in [0.5, 0.6) is 0 Å². The fourth-order valence-corrected chi connectivity index (χ4v) is 6.66. The summed E-state index contributed by atoms with van der Waals surface area (Å²) in [7, 11) is 1.39. The highest BCUT2D eigenvalue weighted by atomic mass is 32.9. The largest absolute Gasteiger partial charge is 0.165 e. The zero-order chi connectivity index (χ0) is 15.1.